The van der Waals surface area contributed by atoms with Crippen LogP contribution in [0.25, 0.3) is 0 Å². The molecule has 1 amide bonds. The number of halogens is 2. The van der Waals surface area contributed by atoms with E-state index in [-0.39, 0.29) is 11.4 Å². The van der Waals surface area contributed by atoms with Gasteiger partial charge in [-0.3, -0.25) is 9.78 Å². The van der Waals surface area contributed by atoms with Crippen molar-refractivity contribution in [2.75, 3.05) is 6.54 Å². The number of nitrogens with zero attached hydrogens (tertiary/aromatic N) is 3. The second-order valence-corrected chi connectivity index (χ2v) is 9.59. The molecule has 1 heterocycles. The Balaban J connectivity index is 1.85. The lowest BCUT2D eigenvalue weighted by Gasteiger charge is -2.22. The van der Waals surface area contributed by atoms with Crippen LogP contribution in [-0.4, -0.2) is 36.4 Å². The first-order valence-electron chi connectivity index (χ1n) is 9.50. The summed E-state index contributed by atoms with van der Waals surface area (Å²) in [6.07, 6.45) is 2.95. The minimum Gasteiger partial charge on any atom is -0.272 e. The first-order valence-corrected chi connectivity index (χ1v) is 11.7. The minimum atomic E-state index is -4.03. The molecule has 2 aromatic carbocycles. The van der Waals surface area contributed by atoms with E-state index >= 15 is 0 Å². The van der Waals surface area contributed by atoms with Gasteiger partial charge in [-0.25, -0.2) is 13.8 Å². The van der Waals surface area contributed by atoms with Gasteiger partial charge < -0.3 is 0 Å². The summed E-state index contributed by atoms with van der Waals surface area (Å²) < 4.78 is 27.6. The van der Waals surface area contributed by atoms with Crippen molar-refractivity contribution in [1.29, 1.82) is 0 Å². The molecule has 0 aliphatic rings. The Morgan fingerprint density at radius 3 is 2.38 bits per heavy atom. The summed E-state index contributed by atoms with van der Waals surface area (Å²) >= 11 is 12.5. The number of carbonyl (C=O) groups is 1. The molecular weight excluding hydrogens is 471 g/mol. The van der Waals surface area contributed by atoms with E-state index in [9.17, 15) is 13.2 Å². The van der Waals surface area contributed by atoms with Crippen molar-refractivity contribution in [3.63, 3.8) is 0 Å². The number of carbonyl (C=O) groups excluding carboxylic acids is 1. The predicted octanol–water partition coefficient (Wildman–Crippen LogP) is 4.04. The standard InChI is InChI=1S/C22H20Cl2N4O3S/c1-16-8-10-18(11-9-16)32(30,31)28(14-19-20(23)6-4-7-21(19)24)15-22(29)27-26-13-17-5-2-3-12-25-17/h2-13H,14-15H2,1H3,(H,27,29)/b26-13-. The predicted molar refractivity (Wildman–Crippen MR) is 125 cm³/mol. The molecule has 0 radical (unpaired) electrons. The molecule has 0 aliphatic heterocycles. The number of hydrogen-bond donors (Lipinski definition) is 1. The fourth-order valence-corrected chi connectivity index (χ4v) is 4.64. The molecule has 0 spiro atoms. The zero-order valence-corrected chi connectivity index (χ0v) is 19.4. The quantitative estimate of drug-likeness (QED) is 0.380. The first-order chi connectivity index (χ1) is 15.3. The molecule has 3 aromatic rings. The third-order valence-corrected chi connectivity index (χ3v) is 6.96. The molecule has 3 rings (SSSR count). The molecule has 0 unspecified atom stereocenters. The van der Waals surface area contributed by atoms with Gasteiger partial charge in [0, 0.05) is 28.4 Å². The van der Waals surface area contributed by atoms with Crippen molar-refractivity contribution in [3.8, 4) is 0 Å². The molecule has 166 valence electrons. The highest BCUT2D eigenvalue weighted by atomic mass is 35.5. The van der Waals surface area contributed by atoms with E-state index in [2.05, 4.69) is 15.5 Å². The SMILES string of the molecule is Cc1ccc(S(=O)(=O)N(CC(=O)N/N=C\c2ccccn2)Cc2c(Cl)cccc2Cl)cc1. The Kier molecular flexibility index (Phi) is 7.98. The molecule has 0 bridgehead atoms. The van der Waals surface area contributed by atoms with Crippen LogP contribution >= 0.6 is 23.2 Å². The molecule has 32 heavy (non-hydrogen) atoms. The molecule has 0 aliphatic carbocycles. The van der Waals surface area contributed by atoms with Crippen LogP contribution in [-0.2, 0) is 21.4 Å². The van der Waals surface area contributed by atoms with Crippen molar-refractivity contribution < 1.29 is 13.2 Å². The average Bonchev–Trinajstić information content (AvgIpc) is 2.76. The second kappa shape index (κ2) is 10.7. The summed E-state index contributed by atoms with van der Waals surface area (Å²) in [6, 6.07) is 16.5. The third-order valence-electron chi connectivity index (χ3n) is 4.45. The lowest BCUT2D eigenvalue weighted by Crippen LogP contribution is -2.39. The summed E-state index contributed by atoms with van der Waals surface area (Å²) in [5.41, 5.74) is 4.18. The van der Waals surface area contributed by atoms with E-state index in [1.165, 1.54) is 18.3 Å². The molecule has 10 heteroatoms. The zero-order chi connectivity index (χ0) is 23.1. The molecule has 0 fully saturated rings. The van der Waals surface area contributed by atoms with Gasteiger partial charge in [-0.15, -0.1) is 0 Å². The van der Waals surface area contributed by atoms with Crippen molar-refractivity contribution in [2.45, 2.75) is 18.4 Å². The molecule has 0 atom stereocenters. The lowest BCUT2D eigenvalue weighted by molar-refractivity contribution is -0.121. The topological polar surface area (TPSA) is 91.7 Å². The molecule has 0 saturated carbocycles. The Morgan fingerprint density at radius 1 is 1.06 bits per heavy atom. The van der Waals surface area contributed by atoms with E-state index in [0.29, 0.717) is 21.3 Å². The second-order valence-electron chi connectivity index (χ2n) is 6.83. The van der Waals surface area contributed by atoms with Crippen molar-refractivity contribution >= 4 is 45.3 Å². The molecular formula is C22H20Cl2N4O3S. The van der Waals surface area contributed by atoms with E-state index in [1.807, 2.05) is 6.92 Å². The zero-order valence-electron chi connectivity index (χ0n) is 17.1. The summed E-state index contributed by atoms with van der Waals surface area (Å²) in [5, 5.41) is 4.44. The number of sulfonamides is 1. The molecule has 7 nitrogen and oxygen atoms in total. The molecule has 1 N–H and O–H groups in total. The number of nitrogens with one attached hydrogen (secondary N) is 1. The van der Waals surface area contributed by atoms with E-state index in [4.69, 9.17) is 23.2 Å². The maximum atomic E-state index is 13.3. The van der Waals surface area contributed by atoms with Crippen molar-refractivity contribution in [3.05, 3.63) is 93.7 Å². The summed E-state index contributed by atoms with van der Waals surface area (Å²) in [7, 11) is -4.03. The Hall–Kier alpha value is -2.78. The number of benzene rings is 2. The van der Waals surface area contributed by atoms with Crippen LogP contribution in [0.4, 0.5) is 0 Å². The third kappa shape index (κ3) is 6.14. The highest BCUT2D eigenvalue weighted by Gasteiger charge is 2.28. The highest BCUT2D eigenvalue weighted by Crippen LogP contribution is 2.28. The van der Waals surface area contributed by atoms with E-state index < -0.39 is 22.5 Å². The number of hydrogen-bond acceptors (Lipinski definition) is 5. The molecule has 1 aromatic heterocycles. The number of aryl methyl sites for hydroxylation is 1. The van der Waals surface area contributed by atoms with Crippen LogP contribution in [0.15, 0.2) is 76.9 Å². The monoisotopic (exact) mass is 490 g/mol. The van der Waals surface area contributed by atoms with Gasteiger partial charge in [0.1, 0.15) is 0 Å². The number of rotatable bonds is 8. The Bertz CT molecular complexity index is 1200. The summed E-state index contributed by atoms with van der Waals surface area (Å²) in [4.78, 5) is 16.6. The van der Waals surface area contributed by atoms with Gasteiger partial charge in [-0.1, -0.05) is 53.0 Å². The van der Waals surface area contributed by atoms with Crippen molar-refractivity contribution in [1.82, 2.24) is 14.7 Å². The van der Waals surface area contributed by atoms with Crippen LogP contribution < -0.4 is 5.43 Å². The normalized spacial score (nSPS) is 11.8. The van der Waals surface area contributed by atoms with Gasteiger partial charge in [-0.2, -0.15) is 9.41 Å². The van der Waals surface area contributed by atoms with Gasteiger partial charge in [0.15, 0.2) is 0 Å². The fraction of sp³-hybridized carbons (Fsp3) is 0.136. The Labute approximate surface area is 196 Å². The van der Waals surface area contributed by atoms with Gasteiger partial charge in [0.05, 0.1) is 23.3 Å². The highest BCUT2D eigenvalue weighted by molar-refractivity contribution is 7.89. The summed E-state index contributed by atoms with van der Waals surface area (Å²) in [5.74, 6) is -0.629. The van der Waals surface area contributed by atoms with Gasteiger partial charge in [0.25, 0.3) is 5.91 Å². The van der Waals surface area contributed by atoms with Crippen LogP contribution in [0.1, 0.15) is 16.8 Å². The van der Waals surface area contributed by atoms with Crippen LogP contribution in [0.2, 0.25) is 10.0 Å². The lowest BCUT2D eigenvalue weighted by atomic mass is 10.2. The number of amides is 1. The largest absolute Gasteiger partial charge is 0.272 e. The maximum Gasteiger partial charge on any atom is 0.255 e. The van der Waals surface area contributed by atoms with E-state index in [0.717, 1.165) is 9.87 Å². The fourth-order valence-electron chi connectivity index (χ4n) is 2.76. The van der Waals surface area contributed by atoms with Crippen LogP contribution in [0.3, 0.4) is 0 Å². The maximum absolute atomic E-state index is 13.3. The Morgan fingerprint density at radius 2 is 1.75 bits per heavy atom. The van der Waals surface area contributed by atoms with Crippen LogP contribution in [0, 0.1) is 6.92 Å². The van der Waals surface area contributed by atoms with Gasteiger partial charge in [-0.05, 0) is 43.3 Å². The number of hydrazone groups is 1. The smallest absolute Gasteiger partial charge is 0.255 e. The average molecular weight is 491 g/mol. The van der Waals surface area contributed by atoms with E-state index in [1.54, 1.807) is 54.7 Å². The van der Waals surface area contributed by atoms with Crippen LogP contribution in [0.5, 0.6) is 0 Å². The van der Waals surface area contributed by atoms with Gasteiger partial charge in [0.2, 0.25) is 10.0 Å². The van der Waals surface area contributed by atoms with Gasteiger partial charge >= 0.3 is 0 Å². The number of aromatic nitrogens is 1. The summed E-state index contributed by atoms with van der Waals surface area (Å²) in [6.45, 7) is 1.17. The van der Waals surface area contributed by atoms with Crippen molar-refractivity contribution in [2.24, 2.45) is 5.10 Å². The minimum absolute atomic E-state index is 0.0519. The molecule has 0 saturated heterocycles. The first kappa shape index (κ1) is 23.9. The number of pyridine rings is 1.